The first-order valence-corrected chi connectivity index (χ1v) is 20.4. The number of benzene rings is 2. The van der Waals surface area contributed by atoms with Crippen molar-refractivity contribution >= 4 is 23.4 Å². The second kappa shape index (κ2) is 13.7. The number of likely N-dealkylation sites (tertiary alicyclic amines) is 2. The van der Waals surface area contributed by atoms with Crippen LogP contribution in [0.4, 0.5) is 0 Å². The molecule has 2 aliphatic heterocycles. The van der Waals surface area contributed by atoms with Crippen LogP contribution < -0.4 is 11.5 Å². The van der Waals surface area contributed by atoms with Gasteiger partial charge in [-0.05, 0) is 87.1 Å². The van der Waals surface area contributed by atoms with E-state index in [0.717, 1.165) is 53.6 Å². The molecular formula is C43H55N4O8Y+. The fourth-order valence-corrected chi connectivity index (χ4v) is 12.8. The molecule has 7 unspecified atom stereocenters. The van der Waals surface area contributed by atoms with Crippen LogP contribution in [0.5, 0.6) is 11.5 Å². The van der Waals surface area contributed by atoms with Crippen LogP contribution in [0.3, 0.4) is 0 Å². The number of nitrogens with two attached hydrogens (primary N) is 2. The number of Topliss-reactive ketones (excluding diaryl/α,β-unsaturated/α-hetero) is 2. The number of aromatic hydroxyl groups is 2. The molecule has 6 fully saturated rings. The van der Waals surface area contributed by atoms with Crippen LogP contribution in [0.1, 0.15) is 120 Å². The second-order valence-corrected chi connectivity index (χ2v) is 18.9. The number of fused-ring (bicyclic) bond motifs is 2. The predicted octanol–water partition coefficient (Wildman–Crippen LogP) is 2.65. The van der Waals surface area contributed by atoms with E-state index in [9.17, 15) is 39.6 Å². The Labute approximate surface area is 352 Å². The summed E-state index contributed by atoms with van der Waals surface area (Å²) in [5.41, 5.74) is 10.4. The third kappa shape index (κ3) is 5.81. The Balaban J connectivity index is 0.000000155. The number of carbonyl (C=O) groups excluding carboxylic acids is 4. The molecule has 7 atom stereocenters. The largest absolute Gasteiger partial charge is 0.507 e. The van der Waals surface area contributed by atoms with Gasteiger partial charge in [-0.25, -0.2) is 0 Å². The van der Waals surface area contributed by atoms with Crippen LogP contribution in [0.25, 0.3) is 0 Å². The van der Waals surface area contributed by atoms with E-state index in [1.54, 1.807) is 12.1 Å². The van der Waals surface area contributed by atoms with Crippen molar-refractivity contribution in [2.75, 3.05) is 33.2 Å². The van der Waals surface area contributed by atoms with Crippen molar-refractivity contribution in [3.63, 3.8) is 0 Å². The van der Waals surface area contributed by atoms with Gasteiger partial charge in [-0.2, -0.15) is 0 Å². The normalized spacial score (nSPS) is 36.7. The van der Waals surface area contributed by atoms with E-state index < -0.39 is 33.8 Å². The molecule has 2 aromatic carbocycles. The summed E-state index contributed by atoms with van der Waals surface area (Å²) in [7, 11) is 2.25. The Morgan fingerprint density at radius 1 is 0.768 bits per heavy atom. The van der Waals surface area contributed by atoms with Gasteiger partial charge in [0, 0.05) is 112 Å². The van der Waals surface area contributed by atoms with Gasteiger partial charge >= 0.3 is 0 Å². The number of hydrogen-bond acceptors (Lipinski definition) is 9. The maximum atomic E-state index is 12.6. The van der Waals surface area contributed by atoms with Crippen LogP contribution in [0.15, 0.2) is 24.3 Å². The molecule has 2 heterocycles. The number of nitrogens with zero attached hydrogens (tertiary/aromatic N) is 2. The molecule has 8 N–H and O–H groups in total. The fraction of sp³-hybridized carbons (Fsp3) is 0.628. The first-order chi connectivity index (χ1) is 26.1. The van der Waals surface area contributed by atoms with Gasteiger partial charge in [0.15, 0.2) is 0 Å². The van der Waals surface area contributed by atoms with Crippen molar-refractivity contribution in [2.45, 2.75) is 124 Å². The van der Waals surface area contributed by atoms with E-state index >= 15 is 0 Å². The monoisotopic (exact) mass is 844 g/mol. The number of hydrogen-bond donors (Lipinski definition) is 6. The van der Waals surface area contributed by atoms with E-state index in [0.29, 0.717) is 62.5 Å². The fourth-order valence-electron chi connectivity index (χ4n) is 12.8. The summed E-state index contributed by atoms with van der Waals surface area (Å²) < 4.78 is 0.828. The summed E-state index contributed by atoms with van der Waals surface area (Å²) in [4.78, 5) is 51.1. The number of likely N-dealkylation sites (N-methyl/N-ethyl adjacent to an activating group) is 1. The summed E-state index contributed by atoms with van der Waals surface area (Å²) >= 11 is 0. The second-order valence-electron chi connectivity index (χ2n) is 18.9. The van der Waals surface area contributed by atoms with Gasteiger partial charge in [0.1, 0.15) is 34.7 Å². The molecular weight excluding hydrogens is 789 g/mol. The van der Waals surface area contributed by atoms with Gasteiger partial charge in [0.05, 0.1) is 36.9 Å². The first-order valence-electron chi connectivity index (χ1n) is 20.4. The van der Waals surface area contributed by atoms with Crippen molar-refractivity contribution in [2.24, 2.45) is 23.3 Å². The van der Waals surface area contributed by atoms with Gasteiger partial charge in [0.2, 0.25) is 0 Å². The number of aliphatic hydroxyl groups is 2. The van der Waals surface area contributed by atoms with Gasteiger partial charge in [-0.3, -0.25) is 24.1 Å². The number of primary amides is 2. The molecule has 297 valence electrons. The number of amides is 2. The molecule has 4 bridgehead atoms. The molecule has 2 saturated heterocycles. The van der Waals surface area contributed by atoms with Crippen LogP contribution in [0, 0.1) is 11.8 Å². The van der Waals surface area contributed by atoms with E-state index in [1.807, 2.05) is 12.1 Å². The molecule has 2 amide bonds. The average molecular weight is 845 g/mol. The Kier molecular flexibility index (Phi) is 9.77. The molecule has 1 radical (unpaired) electrons. The maximum Gasteiger partial charge on any atom is 0.252 e. The van der Waals surface area contributed by atoms with E-state index in [4.69, 9.17) is 11.5 Å². The Bertz CT molecular complexity index is 2040. The van der Waals surface area contributed by atoms with Crippen molar-refractivity contribution in [3.8, 4) is 11.5 Å². The molecule has 12 nitrogen and oxygen atoms in total. The number of phenols is 2. The molecule has 0 spiro atoms. The van der Waals surface area contributed by atoms with Gasteiger partial charge in [-0.15, -0.1) is 0 Å². The number of carbonyl (C=O) groups is 4. The number of ketones is 2. The van der Waals surface area contributed by atoms with Gasteiger partial charge in [-0.1, -0.05) is 12.1 Å². The van der Waals surface area contributed by atoms with Crippen molar-refractivity contribution < 1.29 is 76.8 Å². The average Bonchev–Trinajstić information content (AvgIpc) is 4.07. The Hall–Kier alpha value is -2.74. The SMILES string of the molecule is C[N+]1(CC2CC2)CCC23CC(=O)CCC2(O)C1Cc1ccc(C(N)=O)c(O)c13.NC(=O)c1ccc2c(c1O)C13CCN(CC4CC4)C(C2)C1(O)CCC(=O)C3.[Y]. The molecule has 8 aliphatic rings. The zero-order valence-electron chi connectivity index (χ0n) is 32.4. The quantitative estimate of drug-likeness (QED) is 0.237. The molecule has 6 aliphatic carbocycles. The van der Waals surface area contributed by atoms with Gasteiger partial charge < -0.3 is 36.4 Å². The number of quaternary nitrogens is 1. The van der Waals surface area contributed by atoms with Gasteiger partial charge in [0.25, 0.3) is 11.8 Å². The molecule has 2 aromatic rings. The smallest absolute Gasteiger partial charge is 0.252 e. The van der Waals surface area contributed by atoms with Crippen molar-refractivity contribution in [3.05, 3.63) is 57.6 Å². The van der Waals surface area contributed by atoms with Crippen LogP contribution >= 0.6 is 0 Å². The zero-order chi connectivity index (χ0) is 38.9. The Morgan fingerprint density at radius 3 is 1.82 bits per heavy atom. The summed E-state index contributed by atoms with van der Waals surface area (Å²) in [6, 6.07) is 6.83. The third-order valence-corrected chi connectivity index (χ3v) is 15.8. The Morgan fingerprint density at radius 2 is 1.29 bits per heavy atom. The van der Waals surface area contributed by atoms with Crippen molar-refractivity contribution in [1.82, 2.24) is 4.90 Å². The maximum absolute atomic E-state index is 12.6. The molecule has 56 heavy (non-hydrogen) atoms. The van der Waals surface area contributed by atoms with Crippen molar-refractivity contribution in [1.29, 1.82) is 0 Å². The number of rotatable bonds is 6. The molecule has 0 aromatic heterocycles. The minimum Gasteiger partial charge on any atom is -0.507 e. The molecule has 4 saturated carbocycles. The van der Waals surface area contributed by atoms with E-state index in [2.05, 4.69) is 11.9 Å². The summed E-state index contributed by atoms with van der Waals surface area (Å²) in [6.45, 7) is 3.74. The predicted molar refractivity (Wildman–Crippen MR) is 201 cm³/mol. The number of piperidine rings is 2. The summed E-state index contributed by atoms with van der Waals surface area (Å²) in [5.74, 6) is 0.0541. The zero-order valence-corrected chi connectivity index (χ0v) is 35.2. The third-order valence-electron chi connectivity index (χ3n) is 15.8. The minimum atomic E-state index is -1.06. The molecule has 10 rings (SSSR count). The minimum absolute atomic E-state index is 0. The van der Waals surface area contributed by atoms with E-state index in [1.165, 1.54) is 25.7 Å². The standard InChI is InChI=1S/C22H28N2O4.C21H26N2O4.Y/c1-24(12-13-2-3-13)9-8-21-11-15(25)6-7-22(21,28)17(24)10-14-4-5-16(20(23)27)19(26)18(14)21;22-19(26)15-4-3-13-9-16-21(27)6-5-14(24)10-20(21,17(13)18(15)25)7-8-23(16)11-12-1-2-12;/h4-5,13,17,28H,2-3,6-12H2,1H3,(H2-,23,26,27);3-4,12,16,25,27H,1-2,5-11H2,(H2,22,26);/p+1. The summed E-state index contributed by atoms with van der Waals surface area (Å²) in [5, 5.41) is 46.1. The van der Waals surface area contributed by atoms with Crippen LogP contribution in [-0.2, 0) is 66.0 Å². The summed E-state index contributed by atoms with van der Waals surface area (Å²) in [6.07, 6.45) is 9.61. The van der Waals surface area contributed by atoms with Crippen LogP contribution in [-0.4, -0.2) is 110 Å². The van der Waals surface area contributed by atoms with E-state index in [-0.39, 0.29) is 91.8 Å². The first kappa shape index (κ1) is 40.1. The topological polar surface area (TPSA) is 204 Å². The molecule has 13 heteroatoms. The van der Waals surface area contributed by atoms with Crippen LogP contribution in [0.2, 0.25) is 0 Å².